The van der Waals surface area contributed by atoms with Crippen molar-refractivity contribution in [1.29, 1.82) is 5.26 Å². The zero-order valence-electron chi connectivity index (χ0n) is 11.4. The maximum Gasteiger partial charge on any atom is 0.276 e. The number of aromatic nitrogens is 2. The lowest BCUT2D eigenvalue weighted by atomic mass is 10.2. The molecule has 0 aliphatic heterocycles. The van der Waals surface area contributed by atoms with E-state index in [4.69, 9.17) is 5.26 Å². The Morgan fingerprint density at radius 1 is 1.18 bits per heavy atom. The molecule has 0 unspecified atom stereocenters. The molecule has 0 aliphatic rings. The molecule has 6 nitrogen and oxygen atoms in total. The summed E-state index contributed by atoms with van der Waals surface area (Å²) in [6.45, 7) is 0. The molecule has 0 aliphatic carbocycles. The maximum atomic E-state index is 11.9. The number of hydrogen-bond acceptors (Lipinski definition) is 5. The standard InChI is InChI=1S/C16H11N5O/c17-9-11-5-7-12(8-6-11)21-18-10-15-16(22)20-14-4-2-1-3-13(14)19-15/h1-8,10,21H,(H,20,22)/b18-10+. The van der Waals surface area contributed by atoms with Gasteiger partial charge in [0.2, 0.25) is 0 Å². The molecule has 1 aromatic heterocycles. The van der Waals surface area contributed by atoms with E-state index < -0.39 is 0 Å². The van der Waals surface area contributed by atoms with Gasteiger partial charge in [0.1, 0.15) is 5.69 Å². The van der Waals surface area contributed by atoms with Gasteiger partial charge in [0.25, 0.3) is 5.56 Å². The Balaban J connectivity index is 1.81. The van der Waals surface area contributed by atoms with Crippen LogP contribution in [0.1, 0.15) is 11.3 Å². The second-order valence-corrected chi connectivity index (χ2v) is 4.53. The summed E-state index contributed by atoms with van der Waals surface area (Å²) in [5, 5.41) is 12.7. The molecule has 0 fully saturated rings. The van der Waals surface area contributed by atoms with E-state index in [2.05, 4.69) is 20.5 Å². The van der Waals surface area contributed by atoms with Gasteiger partial charge >= 0.3 is 0 Å². The van der Waals surface area contributed by atoms with E-state index in [1.54, 1.807) is 30.3 Å². The lowest BCUT2D eigenvalue weighted by Crippen LogP contribution is -2.15. The van der Waals surface area contributed by atoms with Crippen LogP contribution in [-0.2, 0) is 0 Å². The largest absolute Gasteiger partial charge is 0.319 e. The molecule has 3 rings (SSSR count). The molecule has 0 saturated heterocycles. The van der Waals surface area contributed by atoms with Gasteiger partial charge in [-0.2, -0.15) is 10.4 Å². The monoisotopic (exact) mass is 289 g/mol. The predicted octanol–water partition coefficient (Wildman–Crippen LogP) is 2.24. The number of benzene rings is 2. The Morgan fingerprint density at radius 2 is 1.95 bits per heavy atom. The van der Waals surface area contributed by atoms with Crippen molar-refractivity contribution < 1.29 is 0 Å². The number of fused-ring (bicyclic) bond motifs is 1. The van der Waals surface area contributed by atoms with E-state index in [1.165, 1.54) is 6.21 Å². The van der Waals surface area contributed by atoms with Crippen molar-refractivity contribution in [2.75, 3.05) is 5.43 Å². The van der Waals surface area contributed by atoms with Crippen LogP contribution in [0.3, 0.4) is 0 Å². The smallest absolute Gasteiger partial charge is 0.276 e. The average molecular weight is 289 g/mol. The van der Waals surface area contributed by atoms with Crippen LogP contribution < -0.4 is 11.0 Å². The predicted molar refractivity (Wildman–Crippen MR) is 84.7 cm³/mol. The van der Waals surface area contributed by atoms with Crippen LogP contribution in [-0.4, -0.2) is 16.2 Å². The minimum Gasteiger partial charge on any atom is -0.319 e. The number of para-hydroxylation sites is 2. The van der Waals surface area contributed by atoms with Crippen LogP contribution in [0.5, 0.6) is 0 Å². The number of nitriles is 1. The van der Waals surface area contributed by atoms with E-state index in [0.29, 0.717) is 22.3 Å². The molecule has 0 amide bonds. The highest BCUT2D eigenvalue weighted by molar-refractivity contribution is 5.82. The number of anilines is 1. The molecule has 22 heavy (non-hydrogen) atoms. The van der Waals surface area contributed by atoms with E-state index in [0.717, 1.165) is 0 Å². The minimum absolute atomic E-state index is 0.222. The number of nitrogens with one attached hydrogen (secondary N) is 2. The van der Waals surface area contributed by atoms with Gasteiger partial charge in [-0.1, -0.05) is 12.1 Å². The minimum atomic E-state index is -0.302. The highest BCUT2D eigenvalue weighted by Crippen LogP contribution is 2.08. The van der Waals surface area contributed by atoms with Gasteiger partial charge in [0.05, 0.1) is 34.6 Å². The molecule has 0 spiro atoms. The Labute approximate surface area is 125 Å². The molecular weight excluding hydrogens is 278 g/mol. The van der Waals surface area contributed by atoms with E-state index >= 15 is 0 Å². The summed E-state index contributed by atoms with van der Waals surface area (Å²) in [4.78, 5) is 18.9. The Kier molecular flexibility index (Phi) is 3.62. The molecule has 106 valence electrons. The van der Waals surface area contributed by atoms with Crippen LogP contribution in [0, 0.1) is 11.3 Å². The number of rotatable bonds is 3. The molecule has 2 N–H and O–H groups in total. The van der Waals surface area contributed by atoms with Crippen LogP contribution in [0.4, 0.5) is 5.69 Å². The highest BCUT2D eigenvalue weighted by Gasteiger charge is 2.01. The maximum absolute atomic E-state index is 11.9. The molecule has 0 radical (unpaired) electrons. The molecule has 0 bridgehead atoms. The van der Waals surface area contributed by atoms with Gasteiger partial charge in [-0.3, -0.25) is 10.2 Å². The first-order valence-corrected chi connectivity index (χ1v) is 6.54. The molecule has 6 heteroatoms. The van der Waals surface area contributed by atoms with Crippen molar-refractivity contribution in [2.45, 2.75) is 0 Å². The summed E-state index contributed by atoms with van der Waals surface area (Å²) < 4.78 is 0. The lowest BCUT2D eigenvalue weighted by Gasteiger charge is -2.00. The summed E-state index contributed by atoms with van der Waals surface area (Å²) in [7, 11) is 0. The zero-order chi connectivity index (χ0) is 15.4. The summed E-state index contributed by atoms with van der Waals surface area (Å²) in [5.41, 5.74) is 5.38. The first-order valence-electron chi connectivity index (χ1n) is 6.54. The normalized spacial score (nSPS) is 10.7. The van der Waals surface area contributed by atoms with Gasteiger partial charge in [-0.25, -0.2) is 4.98 Å². The van der Waals surface area contributed by atoms with Crippen molar-refractivity contribution in [1.82, 2.24) is 9.97 Å². The first kappa shape index (κ1) is 13.5. The fourth-order valence-electron chi connectivity index (χ4n) is 1.92. The number of aromatic amines is 1. The lowest BCUT2D eigenvalue weighted by molar-refractivity contribution is 1.19. The highest BCUT2D eigenvalue weighted by atomic mass is 16.1. The van der Waals surface area contributed by atoms with Crippen molar-refractivity contribution in [3.8, 4) is 6.07 Å². The zero-order valence-corrected chi connectivity index (χ0v) is 11.4. The number of hydrazone groups is 1. The summed E-state index contributed by atoms with van der Waals surface area (Å²) in [5.74, 6) is 0. The van der Waals surface area contributed by atoms with Crippen molar-refractivity contribution in [2.24, 2.45) is 5.10 Å². The second kappa shape index (κ2) is 5.89. The van der Waals surface area contributed by atoms with Gasteiger partial charge in [0, 0.05) is 0 Å². The molecule has 1 heterocycles. The third kappa shape index (κ3) is 2.83. The quantitative estimate of drug-likeness (QED) is 0.571. The molecule has 0 atom stereocenters. The number of nitrogens with zero attached hydrogens (tertiary/aromatic N) is 3. The number of hydrogen-bond donors (Lipinski definition) is 2. The SMILES string of the molecule is N#Cc1ccc(N/N=C/c2nc3ccccc3[nH]c2=O)cc1. The third-order valence-electron chi connectivity index (χ3n) is 3.02. The van der Waals surface area contributed by atoms with Gasteiger partial charge in [-0.15, -0.1) is 0 Å². The third-order valence-corrected chi connectivity index (χ3v) is 3.02. The van der Waals surface area contributed by atoms with Crippen LogP contribution in [0.25, 0.3) is 11.0 Å². The summed E-state index contributed by atoms with van der Waals surface area (Å²) >= 11 is 0. The topological polar surface area (TPSA) is 93.9 Å². The van der Waals surface area contributed by atoms with Crippen molar-refractivity contribution >= 4 is 22.9 Å². The first-order chi connectivity index (χ1) is 10.8. The second-order valence-electron chi connectivity index (χ2n) is 4.53. The van der Waals surface area contributed by atoms with Gasteiger partial charge in [0.15, 0.2) is 0 Å². The van der Waals surface area contributed by atoms with Crippen LogP contribution in [0.15, 0.2) is 58.4 Å². The average Bonchev–Trinajstić information content (AvgIpc) is 2.56. The van der Waals surface area contributed by atoms with E-state index in [-0.39, 0.29) is 11.3 Å². The summed E-state index contributed by atoms with van der Waals surface area (Å²) in [6, 6.07) is 16.1. The molecular formula is C16H11N5O. The van der Waals surface area contributed by atoms with Crippen LogP contribution in [0.2, 0.25) is 0 Å². The number of H-pyrrole nitrogens is 1. The van der Waals surface area contributed by atoms with E-state index in [1.807, 2.05) is 24.3 Å². The Bertz CT molecular complexity index is 935. The van der Waals surface area contributed by atoms with Crippen LogP contribution >= 0.6 is 0 Å². The van der Waals surface area contributed by atoms with E-state index in [9.17, 15) is 4.79 Å². The Morgan fingerprint density at radius 3 is 2.73 bits per heavy atom. The van der Waals surface area contributed by atoms with Crippen molar-refractivity contribution in [3.05, 3.63) is 70.1 Å². The van der Waals surface area contributed by atoms with Gasteiger partial charge in [-0.05, 0) is 36.4 Å². The fraction of sp³-hybridized carbons (Fsp3) is 0. The van der Waals surface area contributed by atoms with Crippen molar-refractivity contribution in [3.63, 3.8) is 0 Å². The molecule has 2 aromatic carbocycles. The van der Waals surface area contributed by atoms with Gasteiger partial charge < -0.3 is 4.98 Å². The fourth-order valence-corrected chi connectivity index (χ4v) is 1.92. The summed E-state index contributed by atoms with van der Waals surface area (Å²) in [6.07, 6.45) is 1.36. The molecule has 0 saturated carbocycles. The Hall–Kier alpha value is -3.46. The molecule has 3 aromatic rings.